The van der Waals surface area contributed by atoms with Gasteiger partial charge in [0.1, 0.15) is 11.5 Å². The van der Waals surface area contributed by atoms with Gasteiger partial charge in [-0.25, -0.2) is 5.01 Å². The van der Waals surface area contributed by atoms with E-state index >= 15 is 0 Å². The van der Waals surface area contributed by atoms with E-state index in [1.807, 2.05) is 37.3 Å². The highest BCUT2D eigenvalue weighted by Crippen LogP contribution is 2.35. The highest BCUT2D eigenvalue weighted by molar-refractivity contribution is 6.33. The Balaban J connectivity index is 1.76. The maximum absolute atomic E-state index is 13.2. The maximum Gasteiger partial charge on any atom is 0.276 e. The second-order valence-corrected chi connectivity index (χ2v) is 6.69. The molecule has 0 bridgehead atoms. The first kappa shape index (κ1) is 16.6. The summed E-state index contributed by atoms with van der Waals surface area (Å²) in [4.78, 5) is 13.2. The van der Waals surface area contributed by atoms with E-state index in [-0.39, 0.29) is 11.9 Å². The number of halogens is 1. The van der Waals surface area contributed by atoms with E-state index in [9.17, 15) is 4.79 Å². The second-order valence-electron chi connectivity index (χ2n) is 6.29. The number of nitrogens with zero attached hydrogens (tertiary/aromatic N) is 2. The van der Waals surface area contributed by atoms with E-state index in [4.69, 9.17) is 16.0 Å². The smallest absolute Gasteiger partial charge is 0.276 e. The van der Waals surface area contributed by atoms with Crippen LogP contribution in [0.1, 0.15) is 39.7 Å². The van der Waals surface area contributed by atoms with Gasteiger partial charge >= 0.3 is 0 Å². The molecule has 26 heavy (non-hydrogen) atoms. The minimum atomic E-state index is -0.219. The molecule has 1 aliphatic heterocycles. The topological polar surface area (TPSA) is 45.8 Å². The van der Waals surface area contributed by atoms with E-state index in [0.717, 1.165) is 16.8 Å². The van der Waals surface area contributed by atoms with Crippen LogP contribution in [-0.2, 0) is 0 Å². The van der Waals surface area contributed by atoms with Crippen LogP contribution in [0.25, 0.3) is 0 Å². The Morgan fingerprint density at radius 1 is 1.15 bits per heavy atom. The zero-order chi connectivity index (χ0) is 18.1. The molecule has 0 unspecified atom stereocenters. The third-order valence-electron chi connectivity index (χ3n) is 4.46. The molecule has 3 aromatic rings. The molecular formula is C21H17ClN2O2. The van der Waals surface area contributed by atoms with Gasteiger partial charge in [0, 0.05) is 6.42 Å². The van der Waals surface area contributed by atoms with Crippen LogP contribution < -0.4 is 0 Å². The Morgan fingerprint density at radius 2 is 2.00 bits per heavy atom. The number of benzene rings is 2. The van der Waals surface area contributed by atoms with Gasteiger partial charge in [0.2, 0.25) is 0 Å². The molecule has 0 radical (unpaired) electrons. The summed E-state index contributed by atoms with van der Waals surface area (Å²) in [6.07, 6.45) is 2.20. The first-order chi connectivity index (χ1) is 12.6. The van der Waals surface area contributed by atoms with Gasteiger partial charge < -0.3 is 4.42 Å². The molecule has 0 spiro atoms. The monoisotopic (exact) mass is 364 g/mol. The predicted octanol–water partition coefficient (Wildman–Crippen LogP) is 5.23. The summed E-state index contributed by atoms with van der Waals surface area (Å²) >= 11 is 6.24. The number of aryl methyl sites for hydroxylation is 1. The number of hydrazone groups is 1. The van der Waals surface area contributed by atoms with E-state index in [0.29, 0.717) is 22.8 Å². The van der Waals surface area contributed by atoms with Crippen molar-refractivity contribution in [2.24, 2.45) is 5.10 Å². The highest BCUT2D eigenvalue weighted by atomic mass is 35.5. The van der Waals surface area contributed by atoms with E-state index in [2.05, 4.69) is 11.2 Å². The lowest BCUT2D eigenvalue weighted by Gasteiger charge is -2.22. The van der Waals surface area contributed by atoms with Crippen LogP contribution in [0.5, 0.6) is 0 Å². The Morgan fingerprint density at radius 3 is 2.73 bits per heavy atom. The van der Waals surface area contributed by atoms with Gasteiger partial charge in [0.25, 0.3) is 5.91 Å². The number of hydrogen-bond acceptors (Lipinski definition) is 3. The fraction of sp³-hybridized carbons (Fsp3) is 0.143. The summed E-state index contributed by atoms with van der Waals surface area (Å²) in [7, 11) is 0. The predicted molar refractivity (Wildman–Crippen MR) is 101 cm³/mol. The van der Waals surface area contributed by atoms with Crippen molar-refractivity contribution in [1.29, 1.82) is 0 Å². The molecule has 1 aromatic heterocycles. The van der Waals surface area contributed by atoms with Crippen molar-refractivity contribution in [3.63, 3.8) is 0 Å². The van der Waals surface area contributed by atoms with Crippen LogP contribution in [0.15, 0.2) is 76.4 Å². The van der Waals surface area contributed by atoms with Crippen LogP contribution >= 0.6 is 11.6 Å². The van der Waals surface area contributed by atoms with Crippen LogP contribution in [0, 0.1) is 6.92 Å². The Hall–Kier alpha value is -2.85. The molecule has 0 N–H and O–H groups in total. The molecule has 4 rings (SSSR count). The van der Waals surface area contributed by atoms with E-state index < -0.39 is 0 Å². The Bertz CT molecular complexity index is 979. The molecule has 2 aromatic carbocycles. The average molecular weight is 365 g/mol. The zero-order valence-electron chi connectivity index (χ0n) is 14.2. The largest absolute Gasteiger partial charge is 0.463 e. The maximum atomic E-state index is 13.2. The van der Waals surface area contributed by atoms with Crippen molar-refractivity contribution in [1.82, 2.24) is 5.01 Å². The van der Waals surface area contributed by atoms with Crippen LogP contribution in [0.3, 0.4) is 0 Å². The summed E-state index contributed by atoms with van der Waals surface area (Å²) in [6.45, 7) is 2.03. The van der Waals surface area contributed by atoms with Crippen molar-refractivity contribution in [2.75, 3.05) is 0 Å². The van der Waals surface area contributed by atoms with E-state index in [1.54, 1.807) is 30.5 Å². The summed E-state index contributed by atoms with van der Waals surface area (Å²) in [5.41, 5.74) is 3.37. The molecule has 1 aliphatic rings. The number of rotatable bonds is 3. The highest BCUT2D eigenvalue weighted by Gasteiger charge is 2.35. The number of furan rings is 1. The first-order valence-electron chi connectivity index (χ1n) is 8.39. The fourth-order valence-electron chi connectivity index (χ4n) is 3.18. The van der Waals surface area contributed by atoms with Crippen molar-refractivity contribution in [3.8, 4) is 0 Å². The minimum Gasteiger partial charge on any atom is -0.463 e. The van der Waals surface area contributed by atoms with Crippen molar-refractivity contribution >= 4 is 23.2 Å². The van der Waals surface area contributed by atoms with Crippen molar-refractivity contribution in [3.05, 3.63) is 94.4 Å². The van der Waals surface area contributed by atoms with Gasteiger partial charge in [-0.1, -0.05) is 53.6 Å². The van der Waals surface area contributed by atoms with Gasteiger partial charge in [-0.15, -0.1) is 0 Å². The quantitative estimate of drug-likeness (QED) is 0.638. The normalized spacial score (nSPS) is 16.6. The van der Waals surface area contributed by atoms with Crippen LogP contribution in [0.2, 0.25) is 5.02 Å². The number of carbonyl (C=O) groups is 1. The van der Waals surface area contributed by atoms with Gasteiger partial charge in [0.05, 0.1) is 22.9 Å². The SMILES string of the molecule is Cc1cccc([C@H]2CC(c3ccco3)=NN2C(=O)c2ccccc2Cl)c1. The molecule has 2 heterocycles. The molecule has 0 aliphatic carbocycles. The molecule has 1 amide bonds. The Kier molecular flexibility index (Phi) is 4.35. The molecule has 0 saturated carbocycles. The first-order valence-corrected chi connectivity index (χ1v) is 8.77. The van der Waals surface area contributed by atoms with Gasteiger partial charge in [-0.2, -0.15) is 5.10 Å². The lowest BCUT2D eigenvalue weighted by molar-refractivity contribution is 0.0711. The van der Waals surface area contributed by atoms with Crippen molar-refractivity contribution < 1.29 is 9.21 Å². The summed E-state index contributed by atoms with van der Waals surface area (Å²) in [5, 5.41) is 6.52. The van der Waals surface area contributed by atoms with Crippen LogP contribution in [0.4, 0.5) is 0 Å². The number of carbonyl (C=O) groups excluding carboxylic acids is 1. The average Bonchev–Trinajstić information content (AvgIpc) is 3.31. The van der Waals surface area contributed by atoms with Gasteiger partial charge in [-0.05, 0) is 36.8 Å². The number of hydrogen-bond donors (Lipinski definition) is 0. The number of amides is 1. The minimum absolute atomic E-state index is 0.196. The molecule has 130 valence electrons. The van der Waals surface area contributed by atoms with Crippen molar-refractivity contribution in [2.45, 2.75) is 19.4 Å². The molecule has 0 saturated heterocycles. The fourth-order valence-corrected chi connectivity index (χ4v) is 3.40. The van der Waals surface area contributed by atoms with E-state index in [1.165, 1.54) is 5.01 Å². The second kappa shape index (κ2) is 6.81. The molecule has 0 fully saturated rings. The van der Waals surface area contributed by atoms with Crippen LogP contribution in [-0.4, -0.2) is 16.6 Å². The Labute approximate surface area is 156 Å². The summed E-state index contributed by atoms with van der Waals surface area (Å²) in [6, 6.07) is 18.6. The lowest BCUT2D eigenvalue weighted by atomic mass is 9.99. The third kappa shape index (κ3) is 3.04. The lowest BCUT2D eigenvalue weighted by Crippen LogP contribution is -2.27. The molecule has 1 atom stereocenters. The third-order valence-corrected chi connectivity index (χ3v) is 4.78. The molecule has 5 heteroatoms. The summed E-state index contributed by atoms with van der Waals surface area (Å²) < 4.78 is 5.49. The zero-order valence-corrected chi connectivity index (χ0v) is 15.0. The summed E-state index contributed by atoms with van der Waals surface area (Å²) in [5.74, 6) is 0.459. The molecular weight excluding hydrogens is 348 g/mol. The standard InChI is InChI=1S/C21H17ClN2O2/c1-14-6-4-7-15(12-14)19-13-18(20-10-5-11-26-20)23-24(19)21(25)16-8-2-3-9-17(16)22/h2-12,19H,13H2,1H3/t19-/m1/s1. The molecule has 4 nitrogen and oxygen atoms in total. The van der Waals surface area contributed by atoms with Gasteiger partial charge in [0.15, 0.2) is 0 Å². The van der Waals surface area contributed by atoms with Gasteiger partial charge in [-0.3, -0.25) is 4.79 Å².